The smallest absolute Gasteiger partial charge is 0.258 e. The summed E-state index contributed by atoms with van der Waals surface area (Å²) < 4.78 is 6.69. The summed E-state index contributed by atoms with van der Waals surface area (Å²) in [5, 5.41) is 5.29. The molecule has 1 atom stereocenters. The van der Waals surface area contributed by atoms with Crippen LogP contribution in [0.5, 0.6) is 5.75 Å². The lowest BCUT2D eigenvalue weighted by Crippen LogP contribution is -2.33. The highest BCUT2D eigenvalue weighted by molar-refractivity contribution is 9.10. The van der Waals surface area contributed by atoms with Gasteiger partial charge in [0.25, 0.3) is 5.91 Å². The topological polar surface area (TPSA) is 38.3 Å². The first-order valence-corrected chi connectivity index (χ1v) is 10.6. The number of rotatable bonds is 6. The van der Waals surface area contributed by atoms with E-state index in [9.17, 15) is 4.79 Å². The molecule has 30 heavy (non-hydrogen) atoms. The maximum absolute atomic E-state index is 12.8. The highest BCUT2D eigenvalue weighted by Crippen LogP contribution is 2.33. The van der Waals surface area contributed by atoms with E-state index < -0.39 is 0 Å². The summed E-state index contributed by atoms with van der Waals surface area (Å²) in [6.45, 7) is 1.99. The van der Waals surface area contributed by atoms with Crippen molar-refractivity contribution in [2.75, 3.05) is 6.61 Å². The van der Waals surface area contributed by atoms with E-state index in [0.29, 0.717) is 5.75 Å². The van der Waals surface area contributed by atoms with Crippen LogP contribution in [0.1, 0.15) is 22.7 Å². The first-order valence-electron chi connectivity index (χ1n) is 9.83. The van der Waals surface area contributed by atoms with Crippen molar-refractivity contribution >= 4 is 32.6 Å². The van der Waals surface area contributed by atoms with Gasteiger partial charge in [-0.25, -0.2) is 0 Å². The zero-order valence-electron chi connectivity index (χ0n) is 16.6. The lowest BCUT2D eigenvalue weighted by Gasteiger charge is -2.20. The van der Waals surface area contributed by atoms with Crippen molar-refractivity contribution in [1.29, 1.82) is 0 Å². The second-order valence-corrected chi connectivity index (χ2v) is 8.00. The quantitative estimate of drug-likeness (QED) is 0.372. The highest BCUT2D eigenvalue weighted by Gasteiger charge is 2.17. The van der Waals surface area contributed by atoms with Crippen LogP contribution < -0.4 is 10.1 Å². The van der Waals surface area contributed by atoms with Crippen molar-refractivity contribution in [3.8, 4) is 5.75 Å². The number of fused-ring (bicyclic) bond motifs is 1. The van der Waals surface area contributed by atoms with E-state index in [1.54, 1.807) is 0 Å². The van der Waals surface area contributed by atoms with Gasteiger partial charge in [0, 0.05) is 0 Å². The van der Waals surface area contributed by atoms with Gasteiger partial charge in [0.05, 0.1) is 10.5 Å². The molecule has 0 heterocycles. The molecule has 0 aromatic heterocycles. The second-order valence-electron chi connectivity index (χ2n) is 7.21. The van der Waals surface area contributed by atoms with Gasteiger partial charge < -0.3 is 10.1 Å². The Morgan fingerprint density at radius 1 is 0.867 bits per heavy atom. The first kappa shape index (κ1) is 20.2. The first-order chi connectivity index (χ1) is 14.6. The standard InChI is InChI=1S/C26H22BrNO2/c1-18-11-13-21(14-12-18)26(20-8-3-2-4-9-20)28-24(29)17-30-23-16-15-19-7-5-6-10-22(19)25(23)27/h2-16,26H,17H2,1H3,(H,28,29). The normalized spacial score (nSPS) is 11.8. The summed E-state index contributed by atoms with van der Waals surface area (Å²) >= 11 is 3.61. The summed E-state index contributed by atoms with van der Waals surface area (Å²) in [4.78, 5) is 12.8. The molecule has 4 aromatic carbocycles. The Morgan fingerprint density at radius 3 is 2.30 bits per heavy atom. The van der Waals surface area contributed by atoms with E-state index in [1.165, 1.54) is 5.56 Å². The molecule has 4 heteroatoms. The molecular formula is C26H22BrNO2. The lowest BCUT2D eigenvalue weighted by atomic mass is 9.98. The van der Waals surface area contributed by atoms with Crippen LogP contribution in [0.15, 0.2) is 95.5 Å². The molecule has 1 N–H and O–H groups in total. The van der Waals surface area contributed by atoms with Crippen LogP contribution in [0.4, 0.5) is 0 Å². The van der Waals surface area contributed by atoms with Gasteiger partial charge in [-0.15, -0.1) is 0 Å². The van der Waals surface area contributed by atoms with Crippen LogP contribution in [-0.2, 0) is 4.79 Å². The van der Waals surface area contributed by atoms with Gasteiger partial charge in [-0.3, -0.25) is 4.79 Å². The molecular weight excluding hydrogens is 438 g/mol. The maximum atomic E-state index is 12.8. The number of nitrogens with one attached hydrogen (secondary N) is 1. The fourth-order valence-corrected chi connectivity index (χ4v) is 4.04. The molecule has 4 aromatic rings. The molecule has 0 saturated carbocycles. The van der Waals surface area contributed by atoms with Crippen molar-refractivity contribution in [3.05, 3.63) is 112 Å². The third-order valence-corrected chi connectivity index (χ3v) is 5.85. The van der Waals surface area contributed by atoms with E-state index in [1.807, 2.05) is 78.9 Å². The number of ether oxygens (including phenoxy) is 1. The minimum Gasteiger partial charge on any atom is -0.483 e. The zero-order valence-corrected chi connectivity index (χ0v) is 18.2. The molecule has 0 spiro atoms. The molecule has 0 fully saturated rings. The SMILES string of the molecule is Cc1ccc(C(NC(=O)COc2ccc3ccccc3c2Br)c2ccccc2)cc1. The molecule has 0 bridgehead atoms. The average Bonchev–Trinajstić information content (AvgIpc) is 2.78. The Bertz CT molecular complexity index is 1160. The molecule has 0 radical (unpaired) electrons. The lowest BCUT2D eigenvalue weighted by molar-refractivity contribution is -0.123. The van der Waals surface area contributed by atoms with Gasteiger partial charge in [-0.05, 0) is 50.8 Å². The zero-order chi connectivity index (χ0) is 20.9. The summed E-state index contributed by atoms with van der Waals surface area (Å²) in [7, 11) is 0. The largest absolute Gasteiger partial charge is 0.483 e. The Balaban J connectivity index is 1.51. The van der Waals surface area contributed by atoms with E-state index >= 15 is 0 Å². The molecule has 1 unspecified atom stereocenters. The molecule has 150 valence electrons. The van der Waals surface area contributed by atoms with Crippen LogP contribution in [0.3, 0.4) is 0 Å². The molecule has 0 aliphatic carbocycles. The number of hydrogen-bond donors (Lipinski definition) is 1. The Morgan fingerprint density at radius 2 is 1.53 bits per heavy atom. The molecule has 1 amide bonds. The minimum atomic E-state index is -0.233. The van der Waals surface area contributed by atoms with Crippen molar-refractivity contribution < 1.29 is 9.53 Å². The molecule has 0 aliphatic heterocycles. The molecule has 0 saturated heterocycles. The number of amides is 1. The third kappa shape index (κ3) is 4.55. The maximum Gasteiger partial charge on any atom is 0.258 e. The number of carbonyl (C=O) groups is 1. The summed E-state index contributed by atoms with van der Waals surface area (Å²) in [6, 6.07) is 29.9. The Labute approximate surface area is 184 Å². The molecule has 0 aliphatic rings. The van der Waals surface area contributed by atoms with Gasteiger partial charge in [0.1, 0.15) is 5.75 Å². The number of benzene rings is 4. The molecule has 4 rings (SSSR count). The summed E-state index contributed by atoms with van der Waals surface area (Å²) in [6.07, 6.45) is 0. The monoisotopic (exact) mass is 459 g/mol. The highest BCUT2D eigenvalue weighted by atomic mass is 79.9. The predicted molar refractivity (Wildman–Crippen MR) is 125 cm³/mol. The van der Waals surface area contributed by atoms with Gasteiger partial charge in [-0.2, -0.15) is 0 Å². The number of halogens is 1. The molecule has 3 nitrogen and oxygen atoms in total. The predicted octanol–water partition coefficient (Wildman–Crippen LogP) is 6.20. The fraction of sp³-hybridized carbons (Fsp3) is 0.115. The summed E-state index contributed by atoms with van der Waals surface area (Å²) in [5.41, 5.74) is 3.25. The van der Waals surface area contributed by atoms with Crippen LogP contribution in [-0.4, -0.2) is 12.5 Å². The minimum absolute atomic E-state index is 0.0634. The average molecular weight is 460 g/mol. The van der Waals surface area contributed by atoms with Crippen molar-refractivity contribution in [3.63, 3.8) is 0 Å². The van der Waals surface area contributed by atoms with Gasteiger partial charge >= 0.3 is 0 Å². The Hall–Kier alpha value is -3.11. The van der Waals surface area contributed by atoms with Gasteiger partial charge in [0.2, 0.25) is 0 Å². The van der Waals surface area contributed by atoms with Gasteiger partial charge in [0.15, 0.2) is 6.61 Å². The fourth-order valence-electron chi connectivity index (χ4n) is 3.43. The second kappa shape index (κ2) is 9.14. The van der Waals surface area contributed by atoms with Crippen LogP contribution >= 0.6 is 15.9 Å². The third-order valence-electron chi connectivity index (χ3n) is 5.04. The number of hydrogen-bond acceptors (Lipinski definition) is 2. The van der Waals surface area contributed by atoms with E-state index in [4.69, 9.17) is 4.74 Å². The van der Waals surface area contributed by atoms with Crippen molar-refractivity contribution in [2.45, 2.75) is 13.0 Å². The Kier molecular flexibility index (Phi) is 6.15. The number of carbonyl (C=O) groups excluding carboxylic acids is 1. The van der Waals surface area contributed by atoms with E-state index in [0.717, 1.165) is 26.4 Å². The van der Waals surface area contributed by atoms with Gasteiger partial charge in [-0.1, -0.05) is 90.5 Å². The number of aryl methyl sites for hydroxylation is 1. The van der Waals surface area contributed by atoms with Crippen LogP contribution in [0, 0.1) is 6.92 Å². The summed E-state index contributed by atoms with van der Waals surface area (Å²) in [5.74, 6) is 0.472. The van der Waals surface area contributed by atoms with E-state index in [2.05, 4.69) is 40.3 Å². The van der Waals surface area contributed by atoms with Crippen molar-refractivity contribution in [1.82, 2.24) is 5.32 Å². The van der Waals surface area contributed by atoms with Crippen molar-refractivity contribution in [2.24, 2.45) is 0 Å². The van der Waals surface area contributed by atoms with E-state index in [-0.39, 0.29) is 18.6 Å². The van der Waals surface area contributed by atoms with Crippen LogP contribution in [0.25, 0.3) is 10.8 Å². The van der Waals surface area contributed by atoms with Crippen LogP contribution in [0.2, 0.25) is 0 Å².